The average molecular weight is 423 g/mol. The summed E-state index contributed by atoms with van der Waals surface area (Å²) in [6.45, 7) is 0.679. The van der Waals surface area contributed by atoms with E-state index in [0.29, 0.717) is 37.3 Å². The first-order valence-corrected chi connectivity index (χ1v) is 10.3. The number of nitrogens with one attached hydrogen (secondary N) is 1. The minimum Gasteiger partial charge on any atom is -0.493 e. The van der Waals surface area contributed by atoms with Crippen molar-refractivity contribution >= 4 is 23.5 Å². The van der Waals surface area contributed by atoms with Crippen LogP contribution in [0, 0.1) is 0 Å². The molecule has 0 saturated heterocycles. The molecule has 0 saturated carbocycles. The van der Waals surface area contributed by atoms with Crippen LogP contribution in [0.15, 0.2) is 18.2 Å². The van der Waals surface area contributed by atoms with E-state index in [4.69, 9.17) is 14.6 Å². The van der Waals surface area contributed by atoms with E-state index in [1.807, 2.05) is 0 Å². The number of aryl methyl sites for hydroxylation is 1. The van der Waals surface area contributed by atoms with Gasteiger partial charge in [-0.3, -0.25) is 14.4 Å². The number of hydrogen-bond acceptors (Lipinski definition) is 6. The number of rotatable bonds is 14. The maximum atomic E-state index is 12.2. The van der Waals surface area contributed by atoms with Crippen LogP contribution in [0.1, 0.15) is 50.5 Å². The summed E-state index contributed by atoms with van der Waals surface area (Å²) in [5, 5.41) is 11.7. The van der Waals surface area contributed by atoms with Crippen LogP contribution in [0.2, 0.25) is 0 Å². The first-order valence-electron chi connectivity index (χ1n) is 10.3. The van der Waals surface area contributed by atoms with Crippen LogP contribution >= 0.6 is 0 Å². The summed E-state index contributed by atoms with van der Waals surface area (Å²) >= 11 is 0. The lowest BCUT2D eigenvalue weighted by molar-refractivity contribution is -0.140. The van der Waals surface area contributed by atoms with Gasteiger partial charge in [-0.1, -0.05) is 0 Å². The fourth-order valence-corrected chi connectivity index (χ4v) is 2.75. The van der Waals surface area contributed by atoms with Crippen molar-refractivity contribution in [3.05, 3.63) is 23.8 Å². The van der Waals surface area contributed by atoms with Crippen molar-refractivity contribution in [3.8, 4) is 5.75 Å². The Balaban J connectivity index is 2.68. The third-order valence-electron chi connectivity index (χ3n) is 4.52. The Morgan fingerprint density at radius 2 is 1.80 bits per heavy atom. The summed E-state index contributed by atoms with van der Waals surface area (Å²) < 4.78 is 10.5. The maximum Gasteiger partial charge on any atom is 0.305 e. The zero-order chi connectivity index (χ0) is 22.4. The molecule has 2 amide bonds. The number of carbonyl (C=O) groups is 3. The molecule has 0 radical (unpaired) electrons. The van der Waals surface area contributed by atoms with Gasteiger partial charge in [-0.2, -0.15) is 0 Å². The smallest absolute Gasteiger partial charge is 0.305 e. The van der Waals surface area contributed by atoms with E-state index < -0.39 is 0 Å². The molecule has 0 fully saturated rings. The van der Waals surface area contributed by atoms with Crippen LogP contribution in [-0.4, -0.2) is 62.2 Å². The van der Waals surface area contributed by atoms with Gasteiger partial charge in [0.2, 0.25) is 11.8 Å². The van der Waals surface area contributed by atoms with Gasteiger partial charge in [0.1, 0.15) is 5.75 Å². The van der Waals surface area contributed by atoms with Gasteiger partial charge in [0, 0.05) is 45.7 Å². The second kappa shape index (κ2) is 14.4. The molecule has 0 aliphatic heterocycles. The van der Waals surface area contributed by atoms with Crippen molar-refractivity contribution in [3.63, 3.8) is 0 Å². The van der Waals surface area contributed by atoms with Crippen LogP contribution in [0.25, 0.3) is 0 Å². The van der Waals surface area contributed by atoms with Gasteiger partial charge in [0.25, 0.3) is 0 Å². The van der Waals surface area contributed by atoms with Crippen LogP contribution in [-0.2, 0) is 25.5 Å². The highest BCUT2D eigenvalue weighted by Crippen LogP contribution is 2.25. The molecule has 1 aromatic carbocycles. The number of amides is 2. The first kappa shape index (κ1) is 25.4. The number of benzene rings is 1. The van der Waals surface area contributed by atoms with Gasteiger partial charge in [0.05, 0.1) is 13.7 Å². The van der Waals surface area contributed by atoms with Crippen LogP contribution in [0.4, 0.5) is 5.69 Å². The SMILES string of the molecule is COC(=O)CCc1cc(NC(=O)CCCC(=O)N(C)C)ccc1OCCCCCO. The summed E-state index contributed by atoms with van der Waals surface area (Å²) in [5.41, 5.74) is 1.43. The van der Waals surface area contributed by atoms with Gasteiger partial charge >= 0.3 is 5.97 Å². The molecule has 1 aromatic rings. The zero-order valence-corrected chi connectivity index (χ0v) is 18.2. The molecule has 0 aromatic heterocycles. The number of ether oxygens (including phenoxy) is 2. The van der Waals surface area contributed by atoms with Crippen molar-refractivity contribution in [2.24, 2.45) is 0 Å². The van der Waals surface area contributed by atoms with Gasteiger partial charge in [-0.25, -0.2) is 0 Å². The third-order valence-corrected chi connectivity index (χ3v) is 4.52. The van der Waals surface area contributed by atoms with Crippen molar-refractivity contribution < 1.29 is 29.0 Å². The van der Waals surface area contributed by atoms with Gasteiger partial charge < -0.3 is 24.8 Å². The lowest BCUT2D eigenvalue weighted by Gasteiger charge is -2.14. The molecule has 1 rings (SSSR count). The van der Waals surface area contributed by atoms with E-state index >= 15 is 0 Å². The molecule has 8 heteroatoms. The van der Waals surface area contributed by atoms with Crippen LogP contribution in [0.3, 0.4) is 0 Å². The Bertz CT molecular complexity index is 690. The monoisotopic (exact) mass is 422 g/mol. The van der Waals surface area contributed by atoms with E-state index in [9.17, 15) is 14.4 Å². The van der Waals surface area contributed by atoms with Crippen LogP contribution < -0.4 is 10.1 Å². The van der Waals surface area contributed by atoms with E-state index in [1.165, 1.54) is 12.0 Å². The van der Waals surface area contributed by atoms with Gasteiger partial charge in [-0.15, -0.1) is 0 Å². The Morgan fingerprint density at radius 1 is 1.03 bits per heavy atom. The normalized spacial score (nSPS) is 10.4. The Kier molecular flexibility index (Phi) is 12.2. The Labute approximate surface area is 178 Å². The molecular weight excluding hydrogens is 388 g/mol. The predicted octanol–water partition coefficient (Wildman–Crippen LogP) is 2.53. The van der Waals surface area contributed by atoms with E-state index in [0.717, 1.165) is 24.8 Å². The minimum atomic E-state index is -0.316. The topological polar surface area (TPSA) is 105 Å². The number of aliphatic hydroxyl groups excluding tert-OH is 1. The third kappa shape index (κ3) is 10.2. The number of anilines is 1. The molecule has 2 N–H and O–H groups in total. The highest BCUT2D eigenvalue weighted by atomic mass is 16.5. The Hall–Kier alpha value is -2.61. The van der Waals surface area contributed by atoms with Crippen molar-refractivity contribution in [1.82, 2.24) is 4.90 Å². The van der Waals surface area contributed by atoms with Crippen molar-refractivity contribution in [2.45, 2.75) is 51.4 Å². The maximum absolute atomic E-state index is 12.2. The molecule has 168 valence electrons. The van der Waals surface area contributed by atoms with Gasteiger partial charge in [0.15, 0.2) is 0 Å². The first-order chi connectivity index (χ1) is 14.4. The van der Waals surface area contributed by atoms with Gasteiger partial charge in [-0.05, 0) is 55.9 Å². The molecule has 0 aliphatic rings. The highest BCUT2D eigenvalue weighted by Gasteiger charge is 2.11. The standard InChI is InChI=1S/C22H34N2O6/c1-24(2)21(27)9-7-8-20(26)23-18-11-12-19(30-15-6-4-5-14-25)17(16-18)10-13-22(28)29-3/h11-12,16,25H,4-10,13-15H2,1-3H3,(H,23,26). The number of methoxy groups -OCH3 is 1. The number of nitrogens with zero attached hydrogens (tertiary/aromatic N) is 1. The van der Waals surface area contributed by atoms with E-state index in [1.54, 1.807) is 32.3 Å². The quantitative estimate of drug-likeness (QED) is 0.353. The molecule has 8 nitrogen and oxygen atoms in total. The summed E-state index contributed by atoms with van der Waals surface area (Å²) in [6.07, 6.45) is 4.13. The lowest BCUT2D eigenvalue weighted by atomic mass is 10.1. The van der Waals surface area contributed by atoms with Crippen LogP contribution in [0.5, 0.6) is 5.75 Å². The van der Waals surface area contributed by atoms with Crippen molar-refractivity contribution in [1.29, 1.82) is 0 Å². The number of hydrogen-bond donors (Lipinski definition) is 2. The zero-order valence-electron chi connectivity index (χ0n) is 18.2. The molecule has 0 atom stereocenters. The molecule has 0 aliphatic carbocycles. The Morgan fingerprint density at radius 3 is 2.47 bits per heavy atom. The molecule has 0 heterocycles. The second-order valence-electron chi connectivity index (χ2n) is 7.22. The minimum absolute atomic E-state index is 0.00612. The summed E-state index contributed by atoms with van der Waals surface area (Å²) in [4.78, 5) is 36.8. The molecule has 0 unspecified atom stereocenters. The number of aliphatic hydroxyl groups is 1. The number of carbonyl (C=O) groups excluding carboxylic acids is 3. The molecule has 30 heavy (non-hydrogen) atoms. The lowest BCUT2D eigenvalue weighted by Crippen LogP contribution is -2.21. The summed E-state index contributed by atoms with van der Waals surface area (Å²) in [6, 6.07) is 5.34. The average Bonchev–Trinajstić information content (AvgIpc) is 2.72. The second-order valence-corrected chi connectivity index (χ2v) is 7.22. The van der Waals surface area contributed by atoms with Crippen molar-refractivity contribution in [2.75, 3.05) is 39.7 Å². The molecular formula is C22H34N2O6. The molecule has 0 spiro atoms. The molecule has 0 bridgehead atoms. The van der Waals surface area contributed by atoms with E-state index in [-0.39, 0.29) is 37.2 Å². The fraction of sp³-hybridized carbons (Fsp3) is 0.591. The number of unbranched alkanes of at least 4 members (excludes halogenated alkanes) is 2. The number of esters is 1. The fourth-order valence-electron chi connectivity index (χ4n) is 2.75. The predicted molar refractivity (Wildman–Crippen MR) is 114 cm³/mol. The van der Waals surface area contributed by atoms with E-state index in [2.05, 4.69) is 5.32 Å². The summed E-state index contributed by atoms with van der Waals surface area (Å²) in [7, 11) is 4.72. The summed E-state index contributed by atoms with van der Waals surface area (Å²) in [5.74, 6) is 0.174. The highest BCUT2D eigenvalue weighted by molar-refractivity contribution is 5.91. The largest absolute Gasteiger partial charge is 0.493 e.